The SMILES string of the molecule is COc1cc(OC)c(N)c(C(=O)N(C)CC2CCCC2)c1. The van der Waals surface area contributed by atoms with Crippen molar-refractivity contribution in [2.75, 3.05) is 33.5 Å². The van der Waals surface area contributed by atoms with E-state index in [1.807, 2.05) is 7.05 Å². The lowest BCUT2D eigenvalue weighted by atomic mass is 10.1. The number of anilines is 1. The Hall–Kier alpha value is -1.91. The van der Waals surface area contributed by atoms with Crippen LogP contribution < -0.4 is 15.2 Å². The summed E-state index contributed by atoms with van der Waals surface area (Å²) in [5.74, 6) is 1.55. The largest absolute Gasteiger partial charge is 0.497 e. The predicted molar refractivity (Wildman–Crippen MR) is 82.9 cm³/mol. The summed E-state index contributed by atoms with van der Waals surface area (Å²) < 4.78 is 10.4. The summed E-state index contributed by atoms with van der Waals surface area (Å²) in [5.41, 5.74) is 6.84. The highest BCUT2D eigenvalue weighted by molar-refractivity contribution is 6.00. The van der Waals surface area contributed by atoms with E-state index in [-0.39, 0.29) is 5.91 Å². The zero-order valence-corrected chi connectivity index (χ0v) is 13.0. The van der Waals surface area contributed by atoms with E-state index in [4.69, 9.17) is 15.2 Å². The van der Waals surface area contributed by atoms with Crippen molar-refractivity contribution in [2.24, 2.45) is 5.92 Å². The van der Waals surface area contributed by atoms with Crippen molar-refractivity contribution in [1.82, 2.24) is 4.90 Å². The molecule has 0 saturated heterocycles. The minimum absolute atomic E-state index is 0.0865. The number of amides is 1. The molecule has 1 aromatic rings. The van der Waals surface area contributed by atoms with E-state index in [0.717, 1.165) is 6.54 Å². The van der Waals surface area contributed by atoms with Crippen LogP contribution in [0.25, 0.3) is 0 Å². The maximum Gasteiger partial charge on any atom is 0.255 e. The minimum atomic E-state index is -0.0865. The summed E-state index contributed by atoms with van der Waals surface area (Å²) in [4.78, 5) is 14.4. The molecule has 0 radical (unpaired) electrons. The van der Waals surface area contributed by atoms with Gasteiger partial charge in [-0.3, -0.25) is 4.79 Å². The third-order valence-corrected chi connectivity index (χ3v) is 4.16. The molecule has 0 aromatic heterocycles. The van der Waals surface area contributed by atoms with E-state index in [1.54, 1.807) is 24.1 Å². The second kappa shape index (κ2) is 6.70. The average Bonchev–Trinajstić information content (AvgIpc) is 2.99. The van der Waals surface area contributed by atoms with Gasteiger partial charge in [-0.1, -0.05) is 12.8 Å². The van der Waals surface area contributed by atoms with Crippen LogP contribution in [-0.4, -0.2) is 38.6 Å². The number of benzene rings is 1. The molecule has 2 N–H and O–H groups in total. The molecule has 116 valence electrons. The Morgan fingerprint density at radius 2 is 1.95 bits per heavy atom. The summed E-state index contributed by atoms with van der Waals surface area (Å²) in [5, 5.41) is 0. The van der Waals surface area contributed by atoms with Gasteiger partial charge in [0.25, 0.3) is 5.91 Å². The van der Waals surface area contributed by atoms with Crippen LogP contribution >= 0.6 is 0 Å². The summed E-state index contributed by atoms with van der Waals surface area (Å²) in [6.45, 7) is 0.776. The molecule has 0 heterocycles. The van der Waals surface area contributed by atoms with E-state index in [1.165, 1.54) is 32.8 Å². The highest BCUT2D eigenvalue weighted by Crippen LogP contribution is 2.32. The van der Waals surface area contributed by atoms with Crippen molar-refractivity contribution in [1.29, 1.82) is 0 Å². The van der Waals surface area contributed by atoms with Crippen LogP contribution in [0.4, 0.5) is 5.69 Å². The quantitative estimate of drug-likeness (QED) is 0.847. The standard InChI is InChI=1S/C16H24N2O3/c1-18(10-11-6-4-5-7-11)16(19)13-8-12(20-2)9-14(21-3)15(13)17/h8-9,11H,4-7,10,17H2,1-3H3. The first-order valence-corrected chi connectivity index (χ1v) is 7.33. The Balaban J connectivity index is 2.20. The molecular formula is C16H24N2O3. The molecule has 1 aliphatic rings. The highest BCUT2D eigenvalue weighted by Gasteiger charge is 2.23. The fraction of sp³-hybridized carbons (Fsp3) is 0.562. The number of carbonyl (C=O) groups is 1. The van der Waals surface area contributed by atoms with Gasteiger partial charge in [0.15, 0.2) is 0 Å². The lowest BCUT2D eigenvalue weighted by molar-refractivity contribution is 0.0773. The lowest BCUT2D eigenvalue weighted by Gasteiger charge is -2.22. The molecule has 5 heteroatoms. The van der Waals surface area contributed by atoms with E-state index in [2.05, 4.69) is 0 Å². The number of rotatable bonds is 5. The average molecular weight is 292 g/mol. The Kier molecular flexibility index (Phi) is 4.94. The van der Waals surface area contributed by atoms with Gasteiger partial charge in [-0.05, 0) is 24.8 Å². The van der Waals surface area contributed by atoms with Crippen molar-refractivity contribution in [2.45, 2.75) is 25.7 Å². The van der Waals surface area contributed by atoms with Gasteiger partial charge in [0.05, 0.1) is 25.5 Å². The van der Waals surface area contributed by atoms with Crippen molar-refractivity contribution >= 4 is 11.6 Å². The first kappa shape index (κ1) is 15.5. The van der Waals surface area contributed by atoms with E-state index in [9.17, 15) is 4.79 Å². The molecule has 0 spiro atoms. The summed E-state index contributed by atoms with van der Waals surface area (Å²) in [6.07, 6.45) is 4.94. The first-order chi connectivity index (χ1) is 10.1. The van der Waals surface area contributed by atoms with Crippen molar-refractivity contribution in [3.63, 3.8) is 0 Å². The zero-order valence-electron chi connectivity index (χ0n) is 13.0. The minimum Gasteiger partial charge on any atom is -0.497 e. The Morgan fingerprint density at radius 3 is 2.52 bits per heavy atom. The molecule has 0 bridgehead atoms. The van der Waals surface area contributed by atoms with E-state index in [0.29, 0.717) is 28.7 Å². The smallest absolute Gasteiger partial charge is 0.255 e. The molecular weight excluding hydrogens is 268 g/mol. The molecule has 1 amide bonds. The van der Waals surface area contributed by atoms with E-state index >= 15 is 0 Å². The van der Waals surface area contributed by atoms with Crippen LogP contribution in [0.3, 0.4) is 0 Å². The molecule has 21 heavy (non-hydrogen) atoms. The van der Waals surface area contributed by atoms with Gasteiger partial charge in [0, 0.05) is 19.7 Å². The third kappa shape index (κ3) is 3.40. The van der Waals surface area contributed by atoms with Crippen LogP contribution in [0.15, 0.2) is 12.1 Å². The zero-order chi connectivity index (χ0) is 15.4. The normalized spacial score (nSPS) is 15.0. The molecule has 1 saturated carbocycles. The van der Waals surface area contributed by atoms with Gasteiger partial charge in [0.2, 0.25) is 0 Å². The molecule has 5 nitrogen and oxygen atoms in total. The molecule has 1 aromatic carbocycles. The number of hydrogen-bond acceptors (Lipinski definition) is 4. The number of ether oxygens (including phenoxy) is 2. The molecule has 1 aliphatic carbocycles. The number of nitrogens with zero attached hydrogens (tertiary/aromatic N) is 1. The first-order valence-electron chi connectivity index (χ1n) is 7.33. The fourth-order valence-electron chi connectivity index (χ4n) is 2.93. The number of hydrogen-bond donors (Lipinski definition) is 1. The lowest BCUT2D eigenvalue weighted by Crippen LogP contribution is -2.31. The van der Waals surface area contributed by atoms with Gasteiger partial charge in [-0.25, -0.2) is 0 Å². The molecule has 0 atom stereocenters. The highest BCUT2D eigenvalue weighted by atomic mass is 16.5. The Morgan fingerprint density at radius 1 is 1.29 bits per heavy atom. The second-order valence-corrected chi connectivity index (χ2v) is 5.63. The van der Waals surface area contributed by atoms with Crippen LogP contribution in [0.5, 0.6) is 11.5 Å². The van der Waals surface area contributed by atoms with Crippen LogP contribution in [0, 0.1) is 5.92 Å². The van der Waals surface area contributed by atoms with Gasteiger partial charge in [0.1, 0.15) is 11.5 Å². The van der Waals surface area contributed by atoms with Gasteiger partial charge >= 0.3 is 0 Å². The van der Waals surface area contributed by atoms with Crippen LogP contribution in [-0.2, 0) is 0 Å². The summed E-state index contributed by atoms with van der Waals surface area (Å²) >= 11 is 0. The predicted octanol–water partition coefficient (Wildman–Crippen LogP) is 2.55. The van der Waals surface area contributed by atoms with Gasteiger partial charge in [-0.2, -0.15) is 0 Å². The monoisotopic (exact) mass is 292 g/mol. The maximum atomic E-state index is 12.6. The van der Waals surface area contributed by atoms with Gasteiger partial charge < -0.3 is 20.1 Å². The Labute approximate surface area is 126 Å². The number of carbonyl (C=O) groups excluding carboxylic acids is 1. The topological polar surface area (TPSA) is 64.8 Å². The number of methoxy groups -OCH3 is 2. The van der Waals surface area contributed by atoms with E-state index < -0.39 is 0 Å². The number of nitrogens with two attached hydrogens (primary N) is 1. The van der Waals surface area contributed by atoms with Crippen LogP contribution in [0.1, 0.15) is 36.0 Å². The summed E-state index contributed by atoms with van der Waals surface area (Å²) in [7, 11) is 4.91. The molecule has 1 fully saturated rings. The maximum absolute atomic E-state index is 12.6. The summed E-state index contributed by atoms with van der Waals surface area (Å²) in [6, 6.07) is 3.36. The fourth-order valence-corrected chi connectivity index (χ4v) is 2.93. The van der Waals surface area contributed by atoms with Gasteiger partial charge in [-0.15, -0.1) is 0 Å². The molecule has 0 unspecified atom stereocenters. The van der Waals surface area contributed by atoms with Crippen molar-refractivity contribution < 1.29 is 14.3 Å². The molecule has 0 aliphatic heterocycles. The second-order valence-electron chi connectivity index (χ2n) is 5.63. The number of nitrogen functional groups attached to an aromatic ring is 1. The van der Waals surface area contributed by atoms with Crippen molar-refractivity contribution in [3.8, 4) is 11.5 Å². The Bertz CT molecular complexity index is 510. The third-order valence-electron chi connectivity index (χ3n) is 4.16. The van der Waals surface area contributed by atoms with Crippen LogP contribution in [0.2, 0.25) is 0 Å². The molecule has 2 rings (SSSR count). The van der Waals surface area contributed by atoms with Crippen molar-refractivity contribution in [3.05, 3.63) is 17.7 Å².